The van der Waals surface area contributed by atoms with E-state index in [9.17, 15) is 5.11 Å². The lowest BCUT2D eigenvalue weighted by Crippen LogP contribution is -2.45. The van der Waals surface area contributed by atoms with Gasteiger partial charge < -0.3 is 10.0 Å². The Kier molecular flexibility index (Phi) is 2.56. The Morgan fingerprint density at radius 3 is 2.67 bits per heavy atom. The molecule has 1 aromatic heterocycles. The zero-order valence-corrected chi connectivity index (χ0v) is 9.57. The fraction of sp³-hybridized carbons (Fsp3) is 0.600. The van der Waals surface area contributed by atoms with Gasteiger partial charge in [-0.3, -0.25) is 0 Å². The summed E-state index contributed by atoms with van der Waals surface area (Å²) < 4.78 is 0. The number of aliphatic hydroxyl groups is 1. The molecule has 0 spiro atoms. The highest BCUT2D eigenvalue weighted by atomic mass is 35.5. The maximum Gasteiger partial charge on any atom is 0.171 e. The van der Waals surface area contributed by atoms with Crippen LogP contribution in [0.1, 0.15) is 20.3 Å². The Balaban J connectivity index is 2.37. The van der Waals surface area contributed by atoms with Crippen LogP contribution < -0.4 is 4.90 Å². The number of nitrogens with zero attached hydrogens (tertiary/aromatic N) is 3. The van der Waals surface area contributed by atoms with Gasteiger partial charge in [0, 0.05) is 18.9 Å². The quantitative estimate of drug-likeness (QED) is 0.790. The number of rotatable bonds is 1. The second-order valence-electron chi connectivity index (χ2n) is 4.28. The van der Waals surface area contributed by atoms with E-state index in [1.807, 2.05) is 18.7 Å². The van der Waals surface area contributed by atoms with Crippen molar-refractivity contribution < 1.29 is 5.11 Å². The molecule has 4 nitrogen and oxygen atoms in total. The lowest BCUT2D eigenvalue weighted by atomic mass is 9.99. The first-order valence-corrected chi connectivity index (χ1v) is 5.33. The second-order valence-corrected chi connectivity index (χ2v) is 4.64. The summed E-state index contributed by atoms with van der Waals surface area (Å²) in [7, 11) is 0. The molecule has 0 radical (unpaired) electrons. The number of hydrogen-bond acceptors (Lipinski definition) is 4. The summed E-state index contributed by atoms with van der Waals surface area (Å²) >= 11 is 5.98. The van der Waals surface area contributed by atoms with E-state index in [-0.39, 0.29) is 11.6 Å². The van der Waals surface area contributed by atoms with Crippen LogP contribution in [0, 0.1) is 0 Å². The first-order valence-electron chi connectivity index (χ1n) is 4.95. The highest BCUT2D eigenvalue weighted by Crippen LogP contribution is 2.35. The van der Waals surface area contributed by atoms with Crippen LogP contribution in [-0.2, 0) is 0 Å². The Morgan fingerprint density at radius 2 is 2.13 bits per heavy atom. The van der Waals surface area contributed by atoms with E-state index in [0.29, 0.717) is 11.0 Å². The molecule has 1 unspecified atom stereocenters. The van der Waals surface area contributed by atoms with E-state index in [0.717, 1.165) is 13.0 Å². The third kappa shape index (κ3) is 1.68. The zero-order chi connectivity index (χ0) is 11.1. The topological polar surface area (TPSA) is 49.2 Å². The van der Waals surface area contributed by atoms with Gasteiger partial charge in [0.15, 0.2) is 11.0 Å². The molecule has 1 aliphatic rings. The van der Waals surface area contributed by atoms with E-state index in [2.05, 4.69) is 9.97 Å². The summed E-state index contributed by atoms with van der Waals surface area (Å²) in [6.07, 6.45) is 3.56. The highest BCUT2D eigenvalue weighted by Gasteiger charge is 2.41. The molecular formula is C10H14ClN3O. The van der Waals surface area contributed by atoms with Crippen molar-refractivity contribution >= 4 is 17.4 Å². The Bertz CT molecular complexity index is 369. The summed E-state index contributed by atoms with van der Waals surface area (Å²) in [5.74, 6) is 0.653. The van der Waals surface area contributed by atoms with Crippen LogP contribution in [0.15, 0.2) is 12.4 Å². The average Bonchev–Trinajstić information content (AvgIpc) is 2.44. The van der Waals surface area contributed by atoms with Gasteiger partial charge in [0.05, 0.1) is 11.6 Å². The molecule has 0 amide bonds. The number of anilines is 1. The van der Waals surface area contributed by atoms with Crippen LogP contribution in [0.25, 0.3) is 0 Å². The lowest BCUT2D eigenvalue weighted by Gasteiger charge is -2.34. The van der Waals surface area contributed by atoms with E-state index in [1.54, 1.807) is 12.4 Å². The van der Waals surface area contributed by atoms with Crippen molar-refractivity contribution in [2.45, 2.75) is 31.9 Å². The van der Waals surface area contributed by atoms with Crippen LogP contribution in [0.4, 0.5) is 5.82 Å². The molecule has 5 heteroatoms. The Hall–Kier alpha value is -0.870. The fourth-order valence-electron chi connectivity index (χ4n) is 1.95. The van der Waals surface area contributed by atoms with Gasteiger partial charge in [-0.25, -0.2) is 9.97 Å². The zero-order valence-electron chi connectivity index (χ0n) is 8.81. The van der Waals surface area contributed by atoms with Crippen LogP contribution >= 0.6 is 11.6 Å². The monoisotopic (exact) mass is 227 g/mol. The number of aromatic nitrogens is 2. The molecule has 0 aromatic carbocycles. The molecule has 0 aliphatic carbocycles. The fourth-order valence-corrected chi connectivity index (χ4v) is 2.15. The Labute approximate surface area is 93.9 Å². The van der Waals surface area contributed by atoms with Gasteiger partial charge in [0.1, 0.15) is 0 Å². The van der Waals surface area contributed by atoms with Crippen LogP contribution in [0.3, 0.4) is 0 Å². The smallest absolute Gasteiger partial charge is 0.171 e. The second kappa shape index (κ2) is 3.61. The van der Waals surface area contributed by atoms with Gasteiger partial charge >= 0.3 is 0 Å². The largest absolute Gasteiger partial charge is 0.391 e. The van der Waals surface area contributed by atoms with Crippen LogP contribution in [0.2, 0.25) is 5.15 Å². The first-order chi connectivity index (χ1) is 7.03. The van der Waals surface area contributed by atoms with E-state index < -0.39 is 0 Å². The third-order valence-electron chi connectivity index (χ3n) is 3.03. The molecule has 0 saturated carbocycles. The van der Waals surface area contributed by atoms with Crippen LogP contribution in [0.5, 0.6) is 0 Å². The molecule has 1 saturated heterocycles. The van der Waals surface area contributed by atoms with Crippen molar-refractivity contribution in [1.82, 2.24) is 9.97 Å². The van der Waals surface area contributed by atoms with E-state index in [4.69, 9.17) is 11.6 Å². The predicted octanol–water partition coefficient (Wildman–Crippen LogP) is 1.48. The van der Waals surface area contributed by atoms with Crippen molar-refractivity contribution in [2.75, 3.05) is 11.4 Å². The van der Waals surface area contributed by atoms with Gasteiger partial charge in [-0.1, -0.05) is 11.6 Å². The minimum absolute atomic E-state index is 0.334. The number of halogens is 1. The molecular weight excluding hydrogens is 214 g/mol. The minimum Gasteiger partial charge on any atom is -0.391 e. The lowest BCUT2D eigenvalue weighted by molar-refractivity contribution is 0.127. The molecule has 15 heavy (non-hydrogen) atoms. The predicted molar refractivity (Wildman–Crippen MR) is 59.1 cm³/mol. The van der Waals surface area contributed by atoms with Crippen molar-refractivity contribution in [2.24, 2.45) is 0 Å². The molecule has 2 rings (SSSR count). The van der Waals surface area contributed by atoms with Gasteiger partial charge in [-0.05, 0) is 20.3 Å². The SMILES string of the molecule is CC1(C)C(O)CCN1c1nccnc1Cl. The molecule has 1 fully saturated rings. The van der Waals surface area contributed by atoms with E-state index in [1.165, 1.54) is 0 Å². The van der Waals surface area contributed by atoms with Gasteiger partial charge in [-0.2, -0.15) is 0 Å². The maximum atomic E-state index is 9.85. The standard InChI is InChI=1S/C10H14ClN3O/c1-10(2)7(15)3-6-14(10)9-8(11)12-4-5-13-9/h4-5,7,15H,3,6H2,1-2H3. The molecule has 82 valence electrons. The summed E-state index contributed by atoms with van der Waals surface area (Å²) in [5.41, 5.74) is -0.334. The van der Waals surface area contributed by atoms with Crippen molar-refractivity contribution in [1.29, 1.82) is 0 Å². The van der Waals surface area contributed by atoms with Crippen molar-refractivity contribution in [3.05, 3.63) is 17.5 Å². The normalized spacial score (nSPS) is 24.5. The molecule has 1 aliphatic heterocycles. The number of hydrogen-bond donors (Lipinski definition) is 1. The molecule has 0 bridgehead atoms. The van der Waals surface area contributed by atoms with Gasteiger partial charge in [0.25, 0.3) is 0 Å². The van der Waals surface area contributed by atoms with Crippen molar-refractivity contribution in [3.8, 4) is 0 Å². The number of aliphatic hydroxyl groups excluding tert-OH is 1. The third-order valence-corrected chi connectivity index (χ3v) is 3.30. The molecule has 2 heterocycles. The highest BCUT2D eigenvalue weighted by molar-refractivity contribution is 6.31. The van der Waals surface area contributed by atoms with Gasteiger partial charge in [-0.15, -0.1) is 0 Å². The summed E-state index contributed by atoms with van der Waals surface area (Å²) in [6.45, 7) is 4.72. The summed E-state index contributed by atoms with van der Waals surface area (Å²) in [6, 6.07) is 0. The first kappa shape index (κ1) is 10.6. The van der Waals surface area contributed by atoms with Crippen molar-refractivity contribution in [3.63, 3.8) is 0 Å². The average molecular weight is 228 g/mol. The Morgan fingerprint density at radius 1 is 1.47 bits per heavy atom. The minimum atomic E-state index is -0.351. The summed E-state index contributed by atoms with van der Waals surface area (Å²) in [4.78, 5) is 10.2. The molecule has 1 atom stereocenters. The molecule has 1 aromatic rings. The maximum absolute atomic E-state index is 9.85. The van der Waals surface area contributed by atoms with Crippen LogP contribution in [-0.4, -0.2) is 33.3 Å². The summed E-state index contributed by atoms with van der Waals surface area (Å²) in [5, 5.41) is 10.2. The van der Waals surface area contributed by atoms with Gasteiger partial charge in [0.2, 0.25) is 0 Å². The van der Waals surface area contributed by atoms with E-state index >= 15 is 0 Å². The molecule has 1 N–H and O–H groups in total.